The Hall–Kier alpha value is -2.11. The van der Waals surface area contributed by atoms with Gasteiger partial charge in [0.1, 0.15) is 0 Å². The summed E-state index contributed by atoms with van der Waals surface area (Å²) < 4.78 is 0.923. The third-order valence-electron chi connectivity index (χ3n) is 4.26. The SMILES string of the molecule is CC1=C[C@](O)(c2ccc(Br)cc2)N(C(=O)CCCc2ccccc2)N1. The predicted molar refractivity (Wildman–Crippen MR) is 101 cm³/mol. The second-order valence-corrected chi connectivity index (χ2v) is 7.16. The predicted octanol–water partition coefficient (Wildman–Crippen LogP) is 3.87. The molecule has 1 aliphatic rings. The summed E-state index contributed by atoms with van der Waals surface area (Å²) in [6, 6.07) is 17.4. The van der Waals surface area contributed by atoms with Crippen molar-refractivity contribution in [1.82, 2.24) is 10.4 Å². The zero-order valence-electron chi connectivity index (χ0n) is 14.1. The Morgan fingerprint density at radius 3 is 2.52 bits per heavy atom. The molecule has 0 unspecified atom stereocenters. The van der Waals surface area contributed by atoms with Crippen LogP contribution in [0.4, 0.5) is 0 Å². The molecule has 0 spiro atoms. The third-order valence-corrected chi connectivity index (χ3v) is 4.79. The number of hydrogen-bond donors (Lipinski definition) is 2. The number of carbonyl (C=O) groups excluding carboxylic acids is 1. The zero-order chi connectivity index (χ0) is 17.9. The van der Waals surface area contributed by atoms with Gasteiger partial charge in [-0.2, -0.15) is 0 Å². The monoisotopic (exact) mass is 400 g/mol. The van der Waals surface area contributed by atoms with Crippen LogP contribution in [-0.4, -0.2) is 16.0 Å². The number of carbonyl (C=O) groups is 1. The lowest BCUT2D eigenvalue weighted by molar-refractivity contribution is -0.156. The first kappa shape index (κ1) is 17.7. The molecular formula is C20H21BrN2O2. The summed E-state index contributed by atoms with van der Waals surface area (Å²) in [6.45, 7) is 1.83. The van der Waals surface area contributed by atoms with Gasteiger partial charge in [0.15, 0.2) is 0 Å². The zero-order valence-corrected chi connectivity index (χ0v) is 15.7. The number of aliphatic hydroxyl groups is 1. The Morgan fingerprint density at radius 1 is 1.16 bits per heavy atom. The Bertz CT molecular complexity index is 774. The summed E-state index contributed by atoms with van der Waals surface area (Å²) in [5.41, 5.74) is 4.14. The molecule has 1 aliphatic heterocycles. The molecule has 0 saturated heterocycles. The molecule has 25 heavy (non-hydrogen) atoms. The summed E-state index contributed by atoms with van der Waals surface area (Å²) in [5, 5.41) is 12.5. The van der Waals surface area contributed by atoms with Crippen molar-refractivity contribution in [3.05, 3.63) is 82.0 Å². The van der Waals surface area contributed by atoms with Crippen LogP contribution in [0.2, 0.25) is 0 Å². The molecule has 2 aromatic rings. The number of nitrogens with one attached hydrogen (secondary N) is 1. The third kappa shape index (κ3) is 3.94. The topological polar surface area (TPSA) is 52.6 Å². The van der Waals surface area contributed by atoms with E-state index in [1.54, 1.807) is 6.08 Å². The van der Waals surface area contributed by atoms with Gasteiger partial charge < -0.3 is 5.11 Å². The van der Waals surface area contributed by atoms with Crippen molar-refractivity contribution < 1.29 is 9.90 Å². The maximum Gasteiger partial charge on any atom is 0.244 e. The molecule has 2 N–H and O–H groups in total. The van der Waals surface area contributed by atoms with E-state index in [0.717, 1.165) is 23.0 Å². The van der Waals surface area contributed by atoms with E-state index in [2.05, 4.69) is 33.5 Å². The fourth-order valence-electron chi connectivity index (χ4n) is 3.02. The van der Waals surface area contributed by atoms with Crippen molar-refractivity contribution in [2.45, 2.75) is 31.9 Å². The van der Waals surface area contributed by atoms with E-state index in [9.17, 15) is 9.90 Å². The fraction of sp³-hybridized carbons (Fsp3) is 0.250. The van der Waals surface area contributed by atoms with Gasteiger partial charge in [0.2, 0.25) is 11.6 Å². The molecule has 5 heteroatoms. The van der Waals surface area contributed by atoms with Gasteiger partial charge >= 0.3 is 0 Å². The summed E-state index contributed by atoms with van der Waals surface area (Å²) >= 11 is 3.39. The van der Waals surface area contributed by atoms with Crippen molar-refractivity contribution in [3.8, 4) is 0 Å². The van der Waals surface area contributed by atoms with Gasteiger partial charge in [0.05, 0.1) is 0 Å². The molecule has 0 aromatic heterocycles. The normalized spacial score (nSPS) is 19.5. The first-order chi connectivity index (χ1) is 12.0. The maximum atomic E-state index is 12.7. The Morgan fingerprint density at radius 2 is 1.84 bits per heavy atom. The first-order valence-electron chi connectivity index (χ1n) is 8.30. The number of halogens is 1. The highest BCUT2D eigenvalue weighted by Gasteiger charge is 2.42. The number of nitrogens with zero attached hydrogens (tertiary/aromatic N) is 1. The highest BCUT2D eigenvalue weighted by molar-refractivity contribution is 9.10. The number of benzene rings is 2. The van der Waals surface area contributed by atoms with E-state index in [1.807, 2.05) is 49.4 Å². The Labute approximate surface area is 156 Å². The van der Waals surface area contributed by atoms with Gasteiger partial charge in [-0.15, -0.1) is 0 Å². The van der Waals surface area contributed by atoms with Gasteiger partial charge in [0, 0.05) is 22.2 Å². The number of allylic oxidation sites excluding steroid dienone is 1. The van der Waals surface area contributed by atoms with Crippen LogP contribution < -0.4 is 5.43 Å². The number of hydrogen-bond acceptors (Lipinski definition) is 3. The molecule has 4 nitrogen and oxygen atoms in total. The molecule has 1 heterocycles. The second-order valence-electron chi connectivity index (χ2n) is 6.24. The maximum absolute atomic E-state index is 12.7. The van der Waals surface area contributed by atoms with E-state index < -0.39 is 5.72 Å². The molecule has 3 rings (SSSR count). The van der Waals surface area contributed by atoms with Crippen LogP contribution in [0.1, 0.15) is 30.9 Å². The lowest BCUT2D eigenvalue weighted by atomic mass is 10.0. The molecule has 0 fully saturated rings. The van der Waals surface area contributed by atoms with Crippen molar-refractivity contribution >= 4 is 21.8 Å². The van der Waals surface area contributed by atoms with E-state index >= 15 is 0 Å². The molecule has 0 aliphatic carbocycles. The minimum absolute atomic E-state index is 0.130. The smallest absolute Gasteiger partial charge is 0.244 e. The van der Waals surface area contributed by atoms with Gasteiger partial charge in [-0.3, -0.25) is 10.2 Å². The minimum Gasteiger partial charge on any atom is -0.362 e. The number of rotatable bonds is 5. The molecule has 0 radical (unpaired) electrons. The first-order valence-corrected chi connectivity index (χ1v) is 9.10. The highest BCUT2D eigenvalue weighted by atomic mass is 79.9. The van der Waals surface area contributed by atoms with Gasteiger partial charge in [-0.25, -0.2) is 5.01 Å². The molecule has 1 amide bonds. The van der Waals surface area contributed by atoms with Crippen LogP contribution in [0.5, 0.6) is 0 Å². The van der Waals surface area contributed by atoms with Crippen LogP contribution in [0.15, 0.2) is 70.8 Å². The minimum atomic E-state index is -1.46. The number of aryl methyl sites for hydroxylation is 1. The lowest BCUT2D eigenvalue weighted by Gasteiger charge is -2.33. The summed E-state index contributed by atoms with van der Waals surface area (Å²) in [5.74, 6) is -0.130. The fourth-order valence-corrected chi connectivity index (χ4v) is 3.28. The molecule has 0 bridgehead atoms. The van der Waals surface area contributed by atoms with Gasteiger partial charge in [-0.05, 0) is 43.5 Å². The van der Waals surface area contributed by atoms with Gasteiger partial charge in [-0.1, -0.05) is 58.4 Å². The molecule has 130 valence electrons. The van der Waals surface area contributed by atoms with Crippen molar-refractivity contribution in [2.24, 2.45) is 0 Å². The number of hydrazine groups is 1. The lowest BCUT2D eigenvalue weighted by Crippen LogP contribution is -2.50. The number of amides is 1. The van der Waals surface area contributed by atoms with Crippen molar-refractivity contribution in [1.29, 1.82) is 0 Å². The highest BCUT2D eigenvalue weighted by Crippen LogP contribution is 2.33. The van der Waals surface area contributed by atoms with Crippen LogP contribution in [0.25, 0.3) is 0 Å². The summed E-state index contributed by atoms with van der Waals surface area (Å²) in [4.78, 5) is 12.7. The molecular weight excluding hydrogens is 380 g/mol. The molecule has 0 saturated carbocycles. The average Bonchev–Trinajstić information content (AvgIpc) is 2.92. The van der Waals surface area contributed by atoms with Gasteiger partial charge in [0.25, 0.3) is 0 Å². The summed E-state index contributed by atoms with van der Waals surface area (Å²) in [6.07, 6.45) is 3.60. The average molecular weight is 401 g/mol. The Kier molecular flexibility index (Phi) is 5.25. The van der Waals surface area contributed by atoms with E-state index in [0.29, 0.717) is 12.0 Å². The van der Waals surface area contributed by atoms with Crippen LogP contribution in [0, 0.1) is 0 Å². The largest absolute Gasteiger partial charge is 0.362 e. The van der Waals surface area contributed by atoms with E-state index in [-0.39, 0.29) is 5.91 Å². The quantitative estimate of drug-likeness (QED) is 0.800. The van der Waals surface area contributed by atoms with E-state index in [1.165, 1.54) is 10.6 Å². The summed E-state index contributed by atoms with van der Waals surface area (Å²) in [7, 11) is 0. The standard InChI is InChI=1S/C20H21BrN2O2/c1-15-14-20(25,17-10-12-18(21)13-11-17)23(22-15)19(24)9-5-8-16-6-3-2-4-7-16/h2-4,6-7,10-14,22,25H,5,8-9H2,1H3/t20-/m0/s1. The molecule has 2 aromatic carbocycles. The van der Waals surface area contributed by atoms with Crippen molar-refractivity contribution in [3.63, 3.8) is 0 Å². The second kappa shape index (κ2) is 7.42. The molecule has 1 atom stereocenters. The van der Waals surface area contributed by atoms with Crippen LogP contribution in [0.3, 0.4) is 0 Å². The Balaban J connectivity index is 1.69. The van der Waals surface area contributed by atoms with Crippen molar-refractivity contribution in [2.75, 3.05) is 0 Å². The van der Waals surface area contributed by atoms with E-state index in [4.69, 9.17) is 0 Å². The van der Waals surface area contributed by atoms with Crippen LogP contribution in [-0.2, 0) is 16.9 Å². The van der Waals surface area contributed by atoms with Crippen LogP contribution >= 0.6 is 15.9 Å².